The number of carbonyl (C=O) groups is 1. The number of benzene rings is 2. The summed E-state index contributed by atoms with van der Waals surface area (Å²) in [5.41, 5.74) is 7.88. The Labute approximate surface area is 141 Å². The predicted molar refractivity (Wildman–Crippen MR) is 91.5 cm³/mol. The van der Waals surface area contributed by atoms with Crippen LogP contribution < -0.4 is 10.5 Å². The van der Waals surface area contributed by atoms with Crippen LogP contribution >= 0.6 is 0 Å². The van der Waals surface area contributed by atoms with E-state index in [1.807, 2.05) is 59.5 Å². The van der Waals surface area contributed by atoms with E-state index >= 15 is 0 Å². The van der Waals surface area contributed by atoms with Crippen molar-refractivity contribution >= 4 is 5.91 Å². The van der Waals surface area contributed by atoms with Gasteiger partial charge in [0, 0.05) is 13.1 Å². The second-order valence-electron chi connectivity index (χ2n) is 6.10. The number of nitrogens with zero attached hydrogens (tertiary/aromatic N) is 1. The normalized spacial score (nSPS) is 18.6. The fraction of sp³-hybridized carbons (Fsp3) is 0.316. The molecule has 0 saturated heterocycles. The van der Waals surface area contributed by atoms with Gasteiger partial charge in [-0.1, -0.05) is 42.5 Å². The van der Waals surface area contributed by atoms with Crippen LogP contribution in [0.4, 0.5) is 0 Å². The van der Waals surface area contributed by atoms with Gasteiger partial charge in [0.2, 0.25) is 5.91 Å². The Balaban J connectivity index is 1.63. The van der Waals surface area contributed by atoms with Crippen LogP contribution in [-0.4, -0.2) is 41.2 Å². The van der Waals surface area contributed by atoms with Gasteiger partial charge in [0.05, 0.1) is 6.04 Å². The molecule has 0 saturated carbocycles. The van der Waals surface area contributed by atoms with Crippen LogP contribution in [0.3, 0.4) is 0 Å². The van der Waals surface area contributed by atoms with E-state index in [0.717, 1.165) is 5.56 Å². The Hall–Kier alpha value is -2.37. The van der Waals surface area contributed by atoms with Crippen molar-refractivity contribution in [1.82, 2.24) is 4.90 Å². The molecule has 2 atom stereocenters. The highest BCUT2D eigenvalue weighted by Crippen LogP contribution is 2.23. The summed E-state index contributed by atoms with van der Waals surface area (Å²) in [4.78, 5) is 13.7. The number of fused-ring (bicyclic) bond motifs is 1. The molecule has 0 spiro atoms. The van der Waals surface area contributed by atoms with Gasteiger partial charge in [0.1, 0.15) is 18.5 Å². The van der Waals surface area contributed by atoms with Gasteiger partial charge in [-0.3, -0.25) is 9.69 Å². The highest BCUT2D eigenvalue weighted by atomic mass is 16.5. The van der Waals surface area contributed by atoms with Crippen molar-refractivity contribution in [1.29, 1.82) is 0 Å². The molecule has 2 aromatic rings. The number of carbonyl (C=O) groups excluding carboxylic acids is 1. The first-order valence-electron chi connectivity index (χ1n) is 8.09. The van der Waals surface area contributed by atoms with E-state index in [9.17, 15) is 9.90 Å². The molecule has 1 aliphatic heterocycles. The zero-order valence-corrected chi connectivity index (χ0v) is 13.5. The van der Waals surface area contributed by atoms with Crippen LogP contribution in [-0.2, 0) is 17.8 Å². The van der Waals surface area contributed by atoms with Gasteiger partial charge >= 0.3 is 0 Å². The number of ether oxygens (including phenoxy) is 1. The predicted octanol–water partition coefficient (Wildman–Crippen LogP) is 1.34. The zero-order valence-electron chi connectivity index (χ0n) is 13.5. The van der Waals surface area contributed by atoms with Crippen LogP contribution in [0.1, 0.15) is 11.1 Å². The fourth-order valence-electron chi connectivity index (χ4n) is 3.08. The summed E-state index contributed by atoms with van der Waals surface area (Å²) >= 11 is 0. The second kappa shape index (κ2) is 7.47. The largest absolute Gasteiger partial charge is 0.491 e. The maximum absolute atomic E-state index is 11.8. The molecule has 1 aliphatic rings. The average Bonchev–Trinajstić information content (AvgIpc) is 2.60. The molecule has 3 rings (SSSR count). The van der Waals surface area contributed by atoms with Crippen molar-refractivity contribution in [2.75, 3.05) is 13.2 Å². The molecule has 1 amide bonds. The Morgan fingerprint density at radius 1 is 1.17 bits per heavy atom. The molecule has 126 valence electrons. The van der Waals surface area contributed by atoms with E-state index < -0.39 is 12.1 Å². The maximum Gasteiger partial charge on any atom is 0.235 e. The number of aliphatic hydroxyl groups excluding tert-OH is 1. The molecule has 0 aliphatic carbocycles. The average molecular weight is 326 g/mol. The topological polar surface area (TPSA) is 75.8 Å². The molecule has 0 bridgehead atoms. The minimum absolute atomic E-state index is 0.174. The molecular weight excluding hydrogens is 304 g/mol. The van der Waals surface area contributed by atoms with Crippen molar-refractivity contribution in [2.24, 2.45) is 5.73 Å². The van der Waals surface area contributed by atoms with Crippen molar-refractivity contribution in [3.05, 3.63) is 65.7 Å². The minimum Gasteiger partial charge on any atom is -0.491 e. The molecule has 0 fully saturated rings. The third-order valence-electron chi connectivity index (χ3n) is 4.31. The van der Waals surface area contributed by atoms with E-state index in [1.165, 1.54) is 5.56 Å². The Bertz CT molecular complexity index is 690. The molecular formula is C19H22N2O3. The number of aliphatic hydroxyl groups is 1. The van der Waals surface area contributed by atoms with E-state index in [-0.39, 0.29) is 12.5 Å². The summed E-state index contributed by atoms with van der Waals surface area (Å²) in [5, 5.41) is 10.3. The summed E-state index contributed by atoms with van der Waals surface area (Å²) in [7, 11) is 0. The van der Waals surface area contributed by atoms with Crippen molar-refractivity contribution in [3.63, 3.8) is 0 Å². The first-order chi connectivity index (χ1) is 11.6. The number of nitrogens with two attached hydrogens (primary N) is 1. The van der Waals surface area contributed by atoms with Crippen LogP contribution in [0, 0.1) is 0 Å². The van der Waals surface area contributed by atoms with Crippen molar-refractivity contribution in [2.45, 2.75) is 25.1 Å². The summed E-state index contributed by atoms with van der Waals surface area (Å²) in [6.07, 6.45) is -0.116. The Kier molecular flexibility index (Phi) is 5.13. The highest BCUT2D eigenvalue weighted by molar-refractivity contribution is 5.80. The zero-order chi connectivity index (χ0) is 16.9. The lowest BCUT2D eigenvalue weighted by Crippen LogP contribution is -2.51. The summed E-state index contributed by atoms with van der Waals surface area (Å²) in [6, 6.07) is 17.0. The molecule has 0 aromatic heterocycles. The third kappa shape index (κ3) is 3.93. The number of hydrogen-bond acceptors (Lipinski definition) is 4. The van der Waals surface area contributed by atoms with Gasteiger partial charge in [-0.05, 0) is 29.7 Å². The molecule has 5 heteroatoms. The minimum atomic E-state index is -0.697. The lowest BCUT2D eigenvalue weighted by molar-refractivity contribution is -0.124. The number of para-hydroxylation sites is 1. The lowest BCUT2D eigenvalue weighted by atomic mass is 9.93. The van der Waals surface area contributed by atoms with Crippen LogP contribution in [0.15, 0.2) is 54.6 Å². The smallest absolute Gasteiger partial charge is 0.235 e. The van der Waals surface area contributed by atoms with Gasteiger partial charge in [-0.25, -0.2) is 0 Å². The van der Waals surface area contributed by atoms with Gasteiger partial charge in [-0.15, -0.1) is 0 Å². The van der Waals surface area contributed by atoms with Gasteiger partial charge in [-0.2, -0.15) is 0 Å². The fourth-order valence-corrected chi connectivity index (χ4v) is 3.08. The quantitative estimate of drug-likeness (QED) is 0.840. The van der Waals surface area contributed by atoms with E-state index in [1.54, 1.807) is 0 Å². The molecule has 3 N–H and O–H groups in total. The van der Waals surface area contributed by atoms with Gasteiger partial charge in [0.15, 0.2) is 0 Å². The molecule has 1 heterocycles. The van der Waals surface area contributed by atoms with E-state index in [4.69, 9.17) is 10.5 Å². The molecule has 24 heavy (non-hydrogen) atoms. The first-order valence-corrected chi connectivity index (χ1v) is 8.09. The number of β-amino-alcohol motifs (C(OH)–C–C–N with tert-alkyl or cyclic N) is 1. The monoisotopic (exact) mass is 326 g/mol. The third-order valence-corrected chi connectivity index (χ3v) is 4.31. The molecule has 5 nitrogen and oxygen atoms in total. The Morgan fingerprint density at radius 3 is 2.54 bits per heavy atom. The van der Waals surface area contributed by atoms with Crippen molar-refractivity contribution in [3.8, 4) is 5.75 Å². The SMILES string of the molecule is NC(=O)[C@@H]1Cc2ccccc2CN1CC(O)COc1ccccc1. The van der Waals surface area contributed by atoms with E-state index in [0.29, 0.717) is 25.3 Å². The standard InChI is InChI=1S/C19H22N2O3/c20-19(23)18-10-14-6-4-5-7-15(14)11-21(18)12-16(22)13-24-17-8-2-1-3-9-17/h1-9,16,18,22H,10-13H2,(H2,20,23)/t16?,18-/m0/s1. The van der Waals surface area contributed by atoms with Crippen LogP contribution in [0.5, 0.6) is 5.75 Å². The van der Waals surface area contributed by atoms with E-state index in [2.05, 4.69) is 0 Å². The molecule has 0 radical (unpaired) electrons. The number of rotatable bonds is 6. The summed E-state index contributed by atoms with van der Waals surface area (Å²) in [6.45, 7) is 1.12. The number of hydrogen-bond donors (Lipinski definition) is 2. The summed E-state index contributed by atoms with van der Waals surface area (Å²) < 4.78 is 5.58. The first kappa shape index (κ1) is 16.5. The highest BCUT2D eigenvalue weighted by Gasteiger charge is 2.31. The van der Waals surface area contributed by atoms with Gasteiger partial charge in [0.25, 0.3) is 0 Å². The Morgan fingerprint density at radius 2 is 1.83 bits per heavy atom. The molecule has 2 aromatic carbocycles. The lowest BCUT2D eigenvalue weighted by Gasteiger charge is -2.36. The van der Waals surface area contributed by atoms with Gasteiger partial charge < -0.3 is 15.6 Å². The number of amides is 1. The summed E-state index contributed by atoms with van der Waals surface area (Å²) in [5.74, 6) is 0.354. The van der Waals surface area contributed by atoms with Crippen LogP contribution in [0.25, 0.3) is 0 Å². The maximum atomic E-state index is 11.8. The second-order valence-corrected chi connectivity index (χ2v) is 6.10. The number of primary amides is 1. The van der Waals surface area contributed by atoms with Crippen LogP contribution in [0.2, 0.25) is 0 Å². The molecule has 1 unspecified atom stereocenters. The van der Waals surface area contributed by atoms with Crippen molar-refractivity contribution < 1.29 is 14.6 Å².